The van der Waals surface area contributed by atoms with Gasteiger partial charge in [-0.05, 0) is 30.7 Å². The number of imidazole rings is 1. The highest BCUT2D eigenvalue weighted by molar-refractivity contribution is 6.33. The fraction of sp³-hybridized carbons (Fsp3) is 0.182. The Kier molecular flexibility index (Phi) is 5.12. The van der Waals surface area contributed by atoms with Gasteiger partial charge >= 0.3 is 5.69 Å². The third kappa shape index (κ3) is 3.30. The third-order valence-corrected chi connectivity index (χ3v) is 5.77. The number of benzene rings is 1. The van der Waals surface area contributed by atoms with Gasteiger partial charge in [-0.2, -0.15) is 0 Å². The Hall–Kier alpha value is -3.49. The number of nitrogens with zero attached hydrogens (tertiary/aromatic N) is 4. The second-order valence-corrected chi connectivity index (χ2v) is 7.84. The maximum absolute atomic E-state index is 13.2. The summed E-state index contributed by atoms with van der Waals surface area (Å²) in [6, 6.07) is 7.56. The number of hydrogen-bond donors (Lipinski definition) is 3. The second kappa shape index (κ2) is 7.64. The van der Waals surface area contributed by atoms with Gasteiger partial charge < -0.3 is 16.5 Å². The molecule has 0 aliphatic rings. The number of nitrogens with two attached hydrogens (primary N) is 2. The Morgan fingerprint density at radius 2 is 1.90 bits per heavy atom. The number of quaternary nitrogens is 1. The van der Waals surface area contributed by atoms with E-state index in [2.05, 4.69) is 9.97 Å². The van der Waals surface area contributed by atoms with Crippen molar-refractivity contribution in [2.45, 2.75) is 13.8 Å². The number of nitrogens with one attached hydrogen (secondary N) is 1. The number of aryl methyl sites for hydroxylation is 1. The predicted octanol–water partition coefficient (Wildman–Crippen LogP) is 2.61. The average molecular weight is 437 g/mol. The van der Waals surface area contributed by atoms with Crippen LogP contribution in [0.5, 0.6) is 0 Å². The van der Waals surface area contributed by atoms with E-state index in [0.29, 0.717) is 27.5 Å². The van der Waals surface area contributed by atoms with Gasteiger partial charge in [-0.1, -0.05) is 17.7 Å². The molecule has 0 radical (unpaired) electrons. The van der Waals surface area contributed by atoms with Gasteiger partial charge in [0.1, 0.15) is 17.2 Å². The molecule has 0 bridgehead atoms. The van der Waals surface area contributed by atoms with Crippen LogP contribution in [0.2, 0.25) is 5.02 Å². The Morgan fingerprint density at radius 3 is 2.55 bits per heavy atom. The van der Waals surface area contributed by atoms with Gasteiger partial charge in [-0.25, -0.2) is 9.78 Å². The van der Waals surface area contributed by atoms with Crippen molar-refractivity contribution < 1.29 is 5.32 Å². The van der Waals surface area contributed by atoms with Crippen LogP contribution in [0.4, 0.5) is 5.82 Å². The highest BCUT2D eigenvalue weighted by Crippen LogP contribution is 2.31. The fourth-order valence-electron chi connectivity index (χ4n) is 3.77. The molecule has 31 heavy (non-hydrogen) atoms. The minimum atomic E-state index is -0.227. The average Bonchev–Trinajstić information content (AvgIpc) is 3.00. The van der Waals surface area contributed by atoms with Crippen LogP contribution in [0.1, 0.15) is 13.8 Å². The molecule has 1 aromatic carbocycles. The zero-order valence-corrected chi connectivity index (χ0v) is 18.4. The normalized spacial score (nSPS) is 12.4. The minimum Gasteiger partial charge on any atom is -0.382 e. The third-order valence-electron chi connectivity index (χ3n) is 5.47. The Balaban J connectivity index is 2.13. The number of aromatic nitrogens is 4. The molecule has 5 N–H and O–H groups in total. The molecule has 0 fully saturated rings. The van der Waals surface area contributed by atoms with Crippen LogP contribution in [0.15, 0.2) is 47.2 Å². The summed E-state index contributed by atoms with van der Waals surface area (Å²) in [5, 5.41) is 11.4. The second-order valence-electron chi connectivity index (χ2n) is 7.44. The van der Waals surface area contributed by atoms with Crippen molar-refractivity contribution in [3.8, 4) is 11.1 Å². The molecule has 0 aliphatic heterocycles. The summed E-state index contributed by atoms with van der Waals surface area (Å²) in [4.78, 5) is 21.9. The van der Waals surface area contributed by atoms with Gasteiger partial charge in [-0.3, -0.25) is 14.1 Å². The number of nitrogen functional groups attached to an aromatic ring is 1. The molecule has 158 valence electrons. The number of halogens is 1. The molecule has 3 aromatic heterocycles. The zero-order chi connectivity index (χ0) is 22.4. The maximum Gasteiger partial charge on any atom is 0.333 e. The zero-order valence-electron chi connectivity index (χ0n) is 17.7. The smallest absolute Gasteiger partial charge is 0.333 e. The van der Waals surface area contributed by atoms with Crippen LogP contribution in [0.25, 0.3) is 38.8 Å². The number of hydrogen-bond acceptors (Lipinski definition) is 5. The summed E-state index contributed by atoms with van der Waals surface area (Å²) in [7, 11) is 3.61. The lowest BCUT2D eigenvalue weighted by Crippen LogP contribution is -2.77. The molecule has 4 rings (SSSR count). The highest BCUT2D eigenvalue weighted by Gasteiger charge is 2.22. The number of pyridine rings is 2. The van der Waals surface area contributed by atoms with Crippen molar-refractivity contribution >= 4 is 50.8 Å². The van der Waals surface area contributed by atoms with Crippen LogP contribution in [0.3, 0.4) is 0 Å². The first kappa shape index (κ1) is 20.8. The first-order chi connectivity index (χ1) is 14.7. The minimum absolute atomic E-state index is 0.227. The quantitative estimate of drug-likeness (QED) is 0.426. The van der Waals surface area contributed by atoms with E-state index in [9.17, 15) is 4.79 Å². The maximum atomic E-state index is 13.2. The lowest BCUT2D eigenvalue weighted by Gasteiger charge is -2.11. The number of fused-ring (bicyclic) bond motifs is 3. The Labute approximate surface area is 183 Å². The molecule has 0 unspecified atom stereocenters. The van der Waals surface area contributed by atoms with Crippen LogP contribution < -0.4 is 16.7 Å². The van der Waals surface area contributed by atoms with E-state index in [4.69, 9.17) is 22.7 Å². The van der Waals surface area contributed by atoms with E-state index < -0.39 is 0 Å². The molecule has 0 spiro atoms. The van der Waals surface area contributed by atoms with E-state index >= 15 is 0 Å². The standard InChI is InChI=1S/C22H22ClN7O/c1-11(24)19(12(2)26-3)30-20-15-7-13(14-8-16(23)21(25)28-9-14)5-6-17(15)27-10-18(20)29(4)22(30)31/h5-10,24,26H,1-4H3,(H2,25,28)/p+1. The first-order valence-corrected chi connectivity index (χ1v) is 10.1. The van der Waals surface area contributed by atoms with Gasteiger partial charge in [-0.15, -0.1) is 0 Å². The predicted molar refractivity (Wildman–Crippen MR) is 125 cm³/mol. The summed E-state index contributed by atoms with van der Waals surface area (Å²) in [5.74, 6) is 0.273. The van der Waals surface area contributed by atoms with Crippen LogP contribution in [0, 0.1) is 5.41 Å². The molecule has 8 nitrogen and oxygen atoms in total. The van der Waals surface area contributed by atoms with Crippen molar-refractivity contribution in [2.75, 3.05) is 12.8 Å². The number of anilines is 1. The lowest BCUT2D eigenvalue weighted by molar-refractivity contribution is -0.574. The first-order valence-electron chi connectivity index (χ1n) is 9.72. The van der Waals surface area contributed by atoms with E-state index in [1.807, 2.05) is 37.5 Å². The molecular formula is C22H23ClN7O+. The summed E-state index contributed by atoms with van der Waals surface area (Å²) < 4.78 is 3.16. The lowest BCUT2D eigenvalue weighted by atomic mass is 10.0. The van der Waals surface area contributed by atoms with E-state index in [1.54, 1.807) is 41.6 Å². The highest BCUT2D eigenvalue weighted by atomic mass is 35.5. The topological polar surface area (TPSA) is 119 Å². The van der Waals surface area contributed by atoms with Crippen molar-refractivity contribution in [2.24, 2.45) is 7.05 Å². The Morgan fingerprint density at radius 1 is 1.16 bits per heavy atom. The molecule has 4 aromatic rings. The molecule has 0 amide bonds. The van der Waals surface area contributed by atoms with Gasteiger partial charge in [0.2, 0.25) is 0 Å². The largest absolute Gasteiger partial charge is 0.382 e. The summed E-state index contributed by atoms with van der Waals surface area (Å²) in [6.45, 7) is 3.58. The van der Waals surface area contributed by atoms with E-state index in [-0.39, 0.29) is 11.5 Å². The molecule has 0 atom stereocenters. The van der Waals surface area contributed by atoms with Gasteiger partial charge in [0.15, 0.2) is 0 Å². The summed E-state index contributed by atoms with van der Waals surface area (Å²) in [6.07, 6.45) is 3.36. The van der Waals surface area contributed by atoms with Gasteiger partial charge in [0, 0.05) is 31.1 Å². The molecule has 3 heterocycles. The van der Waals surface area contributed by atoms with Crippen molar-refractivity contribution in [1.29, 1.82) is 5.41 Å². The monoisotopic (exact) mass is 436 g/mol. The number of rotatable bonds is 4. The fourth-order valence-corrected chi connectivity index (χ4v) is 3.93. The van der Waals surface area contributed by atoms with Gasteiger partial charge in [0.05, 0.1) is 40.5 Å². The summed E-state index contributed by atoms with van der Waals surface area (Å²) >= 11 is 6.17. The molecular weight excluding hydrogens is 414 g/mol. The number of allylic oxidation sites excluding steroid dienone is 2. The van der Waals surface area contributed by atoms with Crippen LogP contribution >= 0.6 is 11.6 Å². The Bertz CT molecular complexity index is 1460. The summed E-state index contributed by atoms with van der Waals surface area (Å²) in [5.41, 5.74) is 11.0. The van der Waals surface area contributed by atoms with Crippen molar-refractivity contribution in [3.05, 3.63) is 57.9 Å². The van der Waals surface area contributed by atoms with Crippen LogP contribution in [-0.2, 0) is 7.05 Å². The van der Waals surface area contributed by atoms with Crippen molar-refractivity contribution in [1.82, 2.24) is 19.1 Å². The van der Waals surface area contributed by atoms with Crippen molar-refractivity contribution in [3.63, 3.8) is 0 Å². The van der Waals surface area contributed by atoms with Crippen LogP contribution in [-0.4, -0.2) is 31.9 Å². The SMILES string of the molecule is C[NH2+]C(C)=C(C(C)=N)n1c(=O)n(C)c2cnc3ccc(-c4cnc(N)c(Cl)c4)cc3c21. The molecule has 0 aliphatic carbocycles. The molecule has 0 saturated carbocycles. The van der Waals surface area contributed by atoms with E-state index in [0.717, 1.165) is 27.7 Å². The van der Waals surface area contributed by atoms with Gasteiger partial charge in [0.25, 0.3) is 0 Å². The molecule has 0 saturated heterocycles. The van der Waals surface area contributed by atoms with E-state index in [1.165, 1.54) is 0 Å². The molecule has 9 heteroatoms.